The van der Waals surface area contributed by atoms with E-state index in [0.717, 1.165) is 0 Å². The summed E-state index contributed by atoms with van der Waals surface area (Å²) in [6.07, 6.45) is 0. The van der Waals surface area contributed by atoms with Crippen LogP contribution in [0.25, 0.3) is 75.2 Å². The van der Waals surface area contributed by atoms with Crippen molar-refractivity contribution in [3.8, 4) is 11.4 Å². The summed E-state index contributed by atoms with van der Waals surface area (Å²) < 4.78 is 7.92. The van der Waals surface area contributed by atoms with Crippen LogP contribution in [-0.4, -0.2) is 15.8 Å². The van der Waals surface area contributed by atoms with Gasteiger partial charge in [-0.05, 0) is 40.7 Å². The van der Waals surface area contributed by atoms with Gasteiger partial charge >= 0.3 is 0 Å². The van der Waals surface area contributed by atoms with Crippen molar-refractivity contribution in [3.63, 3.8) is 0 Å². The first-order valence-electron chi connectivity index (χ1n) is 13.9. The highest BCUT2D eigenvalue weighted by Gasteiger charge is 2.42. The lowest BCUT2D eigenvalue weighted by Crippen LogP contribution is -2.59. The van der Waals surface area contributed by atoms with Crippen LogP contribution in [-0.2, 0) is 0 Å². The van der Waals surface area contributed by atoms with E-state index in [-0.39, 0.29) is 6.71 Å². The SMILES string of the molecule is c1ccc2c(c1)B1c3cccc4c5ccccc5n(c34)-c3c1c1c(c4ccccc4n1-2)c1c3sc2ccccc21. The molecular weight excluding hydrogens is 503 g/mol. The third kappa shape index (κ3) is 2.06. The van der Waals surface area contributed by atoms with Crippen molar-refractivity contribution in [2.45, 2.75) is 0 Å². The van der Waals surface area contributed by atoms with E-state index < -0.39 is 0 Å². The number of rotatable bonds is 0. The van der Waals surface area contributed by atoms with Crippen molar-refractivity contribution in [1.29, 1.82) is 0 Å². The average Bonchev–Trinajstić information content (AvgIpc) is 3.67. The van der Waals surface area contributed by atoms with Crippen LogP contribution in [0.1, 0.15) is 0 Å². The van der Waals surface area contributed by atoms with Gasteiger partial charge in [0.2, 0.25) is 0 Å². The molecule has 0 amide bonds. The summed E-state index contributed by atoms with van der Waals surface area (Å²) >= 11 is 1.96. The predicted octanol–water partition coefficient (Wildman–Crippen LogP) is 7.39. The van der Waals surface area contributed by atoms with E-state index in [2.05, 4.69) is 124 Å². The maximum absolute atomic E-state index is 2.61. The second kappa shape index (κ2) is 6.67. The molecule has 4 heteroatoms. The van der Waals surface area contributed by atoms with Gasteiger partial charge < -0.3 is 9.13 Å². The maximum atomic E-state index is 2.61. The Morgan fingerprint density at radius 3 is 2.08 bits per heavy atom. The van der Waals surface area contributed by atoms with Crippen molar-refractivity contribution in [2.75, 3.05) is 0 Å². The molecule has 3 aromatic heterocycles. The number of thiophene rings is 1. The number of para-hydroxylation sites is 4. The Morgan fingerprint density at radius 2 is 1.18 bits per heavy atom. The van der Waals surface area contributed by atoms with Crippen molar-refractivity contribution >= 4 is 98.2 Å². The van der Waals surface area contributed by atoms with Crippen LogP contribution >= 0.6 is 11.3 Å². The molecule has 40 heavy (non-hydrogen) atoms. The maximum Gasteiger partial charge on any atom is 0.252 e. The first-order valence-corrected chi connectivity index (χ1v) is 14.7. The van der Waals surface area contributed by atoms with Crippen LogP contribution in [0.5, 0.6) is 0 Å². The summed E-state index contributed by atoms with van der Waals surface area (Å²) in [6.45, 7) is 0.181. The van der Waals surface area contributed by atoms with E-state index in [1.54, 1.807) is 0 Å². The Morgan fingerprint density at radius 1 is 0.500 bits per heavy atom. The van der Waals surface area contributed by atoms with Crippen LogP contribution in [0, 0.1) is 0 Å². The van der Waals surface area contributed by atoms with Gasteiger partial charge in [0, 0.05) is 48.2 Å². The lowest BCUT2D eigenvalue weighted by Gasteiger charge is -2.33. The Kier molecular flexibility index (Phi) is 3.36. The molecule has 0 aliphatic carbocycles. The summed E-state index contributed by atoms with van der Waals surface area (Å²) in [7, 11) is 0. The lowest BCUT2D eigenvalue weighted by molar-refractivity contribution is 1.17. The average molecular weight is 522 g/mol. The summed E-state index contributed by atoms with van der Waals surface area (Å²) in [5.74, 6) is 0. The largest absolute Gasteiger partial charge is 0.310 e. The first-order chi connectivity index (χ1) is 19.9. The number of benzene rings is 6. The van der Waals surface area contributed by atoms with Gasteiger partial charge in [-0.25, -0.2) is 0 Å². The molecule has 182 valence electrons. The number of fused-ring (bicyclic) bond motifs is 16. The summed E-state index contributed by atoms with van der Waals surface area (Å²) in [6, 6.07) is 43.0. The van der Waals surface area contributed by atoms with E-state index in [4.69, 9.17) is 0 Å². The molecule has 2 nitrogen and oxygen atoms in total. The van der Waals surface area contributed by atoms with Crippen molar-refractivity contribution in [2.24, 2.45) is 0 Å². The summed E-state index contributed by atoms with van der Waals surface area (Å²) in [5.41, 5.74) is 12.2. The number of nitrogens with zero attached hydrogens (tertiary/aromatic N) is 2. The zero-order valence-electron chi connectivity index (χ0n) is 21.3. The fraction of sp³-hybridized carbons (Fsp3) is 0. The van der Waals surface area contributed by atoms with Gasteiger partial charge in [0.25, 0.3) is 6.71 Å². The third-order valence-electron chi connectivity index (χ3n) is 9.48. The third-order valence-corrected chi connectivity index (χ3v) is 10.7. The molecule has 0 atom stereocenters. The van der Waals surface area contributed by atoms with Crippen LogP contribution < -0.4 is 16.4 Å². The van der Waals surface area contributed by atoms with Gasteiger partial charge in [-0.15, -0.1) is 11.3 Å². The van der Waals surface area contributed by atoms with Gasteiger partial charge in [-0.3, -0.25) is 0 Å². The highest BCUT2D eigenvalue weighted by atomic mass is 32.1. The van der Waals surface area contributed by atoms with Crippen molar-refractivity contribution < 1.29 is 0 Å². The van der Waals surface area contributed by atoms with E-state index in [0.29, 0.717) is 0 Å². The van der Waals surface area contributed by atoms with Gasteiger partial charge in [0.05, 0.1) is 26.9 Å². The van der Waals surface area contributed by atoms with E-state index in [1.165, 1.54) is 91.5 Å². The van der Waals surface area contributed by atoms with E-state index in [1.807, 2.05) is 11.3 Å². The topological polar surface area (TPSA) is 9.86 Å². The molecule has 0 N–H and O–H groups in total. The second-order valence-corrected chi connectivity index (χ2v) is 12.3. The number of hydrogen-bond acceptors (Lipinski definition) is 1. The molecule has 0 radical (unpaired) electrons. The molecule has 0 saturated heterocycles. The standard InChI is InChI=1S/C36H19BN2S/c1-5-16-26-20(10-1)21-13-9-15-25-33(21)39(26)35-32-34-30(31-23-12-3-8-19-29(23)40-36(31)35)22-11-2-6-17-27(22)38(34)28-18-7-4-14-24(28)37(25)32/h1-19H. The molecule has 0 spiro atoms. The minimum Gasteiger partial charge on any atom is -0.310 e. The first kappa shape index (κ1) is 20.2. The molecule has 0 bridgehead atoms. The van der Waals surface area contributed by atoms with Crippen LogP contribution in [0.2, 0.25) is 0 Å². The molecule has 0 fully saturated rings. The monoisotopic (exact) mass is 522 g/mol. The Labute approximate surface area is 233 Å². The molecule has 11 rings (SSSR count). The molecule has 0 saturated carbocycles. The minimum absolute atomic E-state index is 0.181. The normalized spacial score (nSPS) is 13.4. The number of aromatic nitrogens is 2. The molecule has 6 aromatic carbocycles. The van der Waals surface area contributed by atoms with Gasteiger partial charge in [-0.1, -0.05) is 91.0 Å². The zero-order valence-corrected chi connectivity index (χ0v) is 22.2. The van der Waals surface area contributed by atoms with Gasteiger partial charge in [-0.2, -0.15) is 0 Å². The summed E-state index contributed by atoms with van der Waals surface area (Å²) in [5, 5.41) is 8.16. The predicted molar refractivity (Wildman–Crippen MR) is 173 cm³/mol. The molecule has 0 unspecified atom stereocenters. The van der Waals surface area contributed by atoms with Gasteiger partial charge in [0.15, 0.2) is 0 Å². The lowest BCUT2D eigenvalue weighted by atomic mass is 9.34. The number of hydrogen-bond donors (Lipinski definition) is 0. The molecular formula is C36H19BN2S. The highest BCUT2D eigenvalue weighted by molar-refractivity contribution is 7.26. The highest BCUT2D eigenvalue weighted by Crippen LogP contribution is 2.48. The van der Waals surface area contributed by atoms with Crippen LogP contribution in [0.3, 0.4) is 0 Å². The van der Waals surface area contributed by atoms with Crippen LogP contribution in [0.4, 0.5) is 0 Å². The Hall–Kier alpha value is -4.80. The molecule has 2 aliphatic rings. The van der Waals surface area contributed by atoms with E-state index in [9.17, 15) is 0 Å². The molecule has 2 aliphatic heterocycles. The molecule has 9 aromatic rings. The fourth-order valence-electron chi connectivity index (χ4n) is 8.11. The van der Waals surface area contributed by atoms with Gasteiger partial charge in [0.1, 0.15) is 0 Å². The quantitative estimate of drug-likeness (QED) is 0.184. The second-order valence-electron chi connectivity index (χ2n) is 11.2. The van der Waals surface area contributed by atoms with Crippen molar-refractivity contribution in [1.82, 2.24) is 9.13 Å². The smallest absolute Gasteiger partial charge is 0.252 e. The molecule has 5 heterocycles. The fourth-order valence-corrected chi connectivity index (χ4v) is 9.37. The van der Waals surface area contributed by atoms with E-state index >= 15 is 0 Å². The Bertz CT molecular complexity index is 2610. The zero-order chi connectivity index (χ0) is 25.7. The van der Waals surface area contributed by atoms with Crippen LogP contribution in [0.15, 0.2) is 115 Å². The van der Waals surface area contributed by atoms with Crippen molar-refractivity contribution in [3.05, 3.63) is 115 Å². The Balaban J connectivity index is 1.56. The minimum atomic E-state index is 0.181. The summed E-state index contributed by atoms with van der Waals surface area (Å²) in [4.78, 5) is 0.